The quantitative estimate of drug-likeness (QED) is 0.0222. The van der Waals surface area contributed by atoms with E-state index >= 15 is 0 Å². The molecule has 0 aliphatic rings. The van der Waals surface area contributed by atoms with Crippen molar-refractivity contribution >= 4 is 39.5 Å². The Morgan fingerprint density at radius 3 is 0.752 bits per heavy atom. The van der Waals surface area contributed by atoms with E-state index in [-0.39, 0.29) is 25.7 Å². The molecule has 3 N–H and O–H groups in total. The first-order valence-electron chi connectivity index (χ1n) is 42.5. The summed E-state index contributed by atoms with van der Waals surface area (Å²) in [6, 6.07) is 0. The highest BCUT2D eigenvalue weighted by molar-refractivity contribution is 7.47. The fourth-order valence-electron chi connectivity index (χ4n) is 12.7. The Balaban J connectivity index is 5.25. The fraction of sp³-hybridized carbons (Fsp3) is 0.951. The van der Waals surface area contributed by atoms with Gasteiger partial charge in [-0.2, -0.15) is 0 Å². The van der Waals surface area contributed by atoms with Crippen LogP contribution in [0.1, 0.15) is 433 Å². The lowest BCUT2D eigenvalue weighted by molar-refractivity contribution is -0.161. The van der Waals surface area contributed by atoms with Crippen molar-refractivity contribution in [3.05, 3.63) is 0 Å². The van der Waals surface area contributed by atoms with Crippen molar-refractivity contribution in [2.45, 2.75) is 452 Å². The maximum atomic E-state index is 13.1. The number of carbonyl (C=O) groups is 4. The molecule has 0 rings (SSSR count). The van der Waals surface area contributed by atoms with Gasteiger partial charge in [0.25, 0.3) is 0 Å². The summed E-state index contributed by atoms with van der Waals surface area (Å²) in [6.07, 6.45) is 63.8. The molecule has 0 heterocycles. The molecule has 0 fully saturated rings. The number of phosphoric ester groups is 2. The average molecular weight is 1480 g/mol. The molecule has 0 amide bonds. The normalized spacial score (nSPS) is 14.2. The van der Waals surface area contributed by atoms with Gasteiger partial charge in [-0.25, -0.2) is 9.13 Å². The van der Waals surface area contributed by atoms with Gasteiger partial charge in [0.2, 0.25) is 0 Å². The molecule has 19 heteroatoms. The molecule has 0 aromatic carbocycles. The molecule has 0 radical (unpaired) electrons. The second-order valence-corrected chi connectivity index (χ2v) is 33.1. The molecule has 17 nitrogen and oxygen atoms in total. The molecule has 3 unspecified atom stereocenters. The highest BCUT2D eigenvalue weighted by atomic mass is 31.2. The number of ether oxygens (including phenoxy) is 4. The minimum Gasteiger partial charge on any atom is -0.462 e. The van der Waals surface area contributed by atoms with E-state index in [4.69, 9.17) is 37.0 Å². The smallest absolute Gasteiger partial charge is 0.462 e. The number of esters is 4. The molecule has 0 aliphatic heterocycles. The van der Waals surface area contributed by atoms with Crippen molar-refractivity contribution in [1.82, 2.24) is 0 Å². The number of hydrogen-bond donors (Lipinski definition) is 3. The van der Waals surface area contributed by atoms with E-state index in [1.54, 1.807) is 0 Å². The third kappa shape index (κ3) is 74.7. The van der Waals surface area contributed by atoms with Gasteiger partial charge in [-0.05, 0) is 37.5 Å². The zero-order chi connectivity index (χ0) is 74.2. The highest BCUT2D eigenvalue weighted by Gasteiger charge is 2.30. The van der Waals surface area contributed by atoms with Crippen LogP contribution in [0.15, 0.2) is 0 Å². The Morgan fingerprint density at radius 1 is 0.287 bits per heavy atom. The second kappa shape index (κ2) is 73.6. The van der Waals surface area contributed by atoms with Crippen molar-refractivity contribution in [2.75, 3.05) is 39.6 Å². The summed E-state index contributed by atoms with van der Waals surface area (Å²) in [5.41, 5.74) is 0. The van der Waals surface area contributed by atoms with Crippen LogP contribution in [-0.4, -0.2) is 96.7 Å². The monoisotopic (exact) mass is 1480 g/mol. The lowest BCUT2D eigenvalue weighted by Crippen LogP contribution is -2.30. The predicted octanol–water partition coefficient (Wildman–Crippen LogP) is 24.7. The van der Waals surface area contributed by atoms with E-state index in [1.807, 2.05) is 0 Å². The number of rotatable bonds is 81. The zero-order valence-electron chi connectivity index (χ0n) is 66.2. The van der Waals surface area contributed by atoms with Gasteiger partial charge in [-0.1, -0.05) is 382 Å². The third-order valence-corrected chi connectivity index (χ3v) is 21.5. The van der Waals surface area contributed by atoms with Crippen LogP contribution in [-0.2, 0) is 65.4 Å². The van der Waals surface area contributed by atoms with Crippen molar-refractivity contribution in [1.29, 1.82) is 0 Å². The second-order valence-electron chi connectivity index (χ2n) is 30.2. The van der Waals surface area contributed by atoms with Crippen molar-refractivity contribution < 1.29 is 80.2 Å². The van der Waals surface area contributed by atoms with Gasteiger partial charge in [0.05, 0.1) is 26.4 Å². The molecule has 101 heavy (non-hydrogen) atoms. The lowest BCUT2D eigenvalue weighted by Gasteiger charge is -2.21. The van der Waals surface area contributed by atoms with Crippen LogP contribution in [0, 0.1) is 11.8 Å². The summed E-state index contributed by atoms with van der Waals surface area (Å²) in [4.78, 5) is 73.1. The van der Waals surface area contributed by atoms with Crippen LogP contribution < -0.4 is 0 Å². The number of unbranched alkanes of at least 4 members (excludes halogenated alkanes) is 50. The SMILES string of the molecule is CCCCCCCCCCCCCCCCCCCCCCC(=O)O[C@H](COC(=O)CCCCCCCCCCCCCCCCCC)COP(=O)(O)OC[C@@H](O)COP(=O)(O)OC[C@@H](COC(=O)CCCCCCCCCCC(C)C)OC(=O)CCCCCCCCCCCCC(C)CC. The molecule has 0 aromatic rings. The van der Waals surface area contributed by atoms with E-state index < -0.39 is 97.5 Å². The number of phosphoric acid groups is 2. The summed E-state index contributed by atoms with van der Waals surface area (Å²) in [7, 11) is -9.92. The molecule has 0 bridgehead atoms. The summed E-state index contributed by atoms with van der Waals surface area (Å²) < 4.78 is 68.8. The first-order valence-corrected chi connectivity index (χ1v) is 45.5. The molecule has 0 aromatic heterocycles. The van der Waals surface area contributed by atoms with Gasteiger partial charge in [-0.15, -0.1) is 0 Å². The molecule has 0 aliphatic carbocycles. The van der Waals surface area contributed by atoms with E-state index in [9.17, 15) is 43.2 Å². The number of aliphatic hydroxyl groups is 1. The molecular weight excluding hydrogens is 1320 g/mol. The van der Waals surface area contributed by atoms with Crippen molar-refractivity contribution in [3.63, 3.8) is 0 Å². The van der Waals surface area contributed by atoms with Crippen LogP contribution in [0.25, 0.3) is 0 Å². The summed E-state index contributed by atoms with van der Waals surface area (Å²) in [5.74, 6) is -0.579. The maximum absolute atomic E-state index is 13.1. The van der Waals surface area contributed by atoms with E-state index in [1.165, 1.54) is 250 Å². The first-order chi connectivity index (χ1) is 48.9. The number of hydrogen-bond acceptors (Lipinski definition) is 15. The van der Waals surface area contributed by atoms with Crippen LogP contribution in [0.3, 0.4) is 0 Å². The maximum Gasteiger partial charge on any atom is 0.472 e. The summed E-state index contributed by atoms with van der Waals surface area (Å²) in [5, 5.41) is 10.7. The zero-order valence-corrected chi connectivity index (χ0v) is 68.0. The summed E-state index contributed by atoms with van der Waals surface area (Å²) in [6.45, 7) is 9.63. The summed E-state index contributed by atoms with van der Waals surface area (Å²) >= 11 is 0. The van der Waals surface area contributed by atoms with Crippen molar-refractivity contribution in [3.8, 4) is 0 Å². The fourth-order valence-corrected chi connectivity index (χ4v) is 14.3. The van der Waals surface area contributed by atoms with E-state index in [0.717, 1.165) is 102 Å². The Kier molecular flexibility index (Phi) is 72.2. The Bertz CT molecular complexity index is 1940. The standard InChI is InChI=1S/C82H160O17P2/c1-7-10-12-14-16-18-20-22-24-26-27-28-29-31-33-35-40-48-54-60-66-81(86)98-77(70-92-79(84)64-58-52-46-39-34-32-30-25-23-21-19-17-15-13-11-8-2)72-96-100(88,89)94-68-76(83)69-95-101(90,91)97-73-78(71-93-80(85)65-59-53-47-43-42-44-50-56-62-74(4)5)99-82(87)67-61-55-49-41-37-36-38-45-51-57-63-75(6)9-3/h74-78,83H,7-73H2,1-6H3,(H,88,89)(H,90,91)/t75?,76-,77-,78-/m1/s1. The highest BCUT2D eigenvalue weighted by Crippen LogP contribution is 2.45. The van der Waals surface area contributed by atoms with Crippen LogP contribution >= 0.6 is 15.6 Å². The minimum absolute atomic E-state index is 0.106. The Labute approximate surface area is 619 Å². The lowest BCUT2D eigenvalue weighted by atomic mass is 9.99. The van der Waals surface area contributed by atoms with Crippen LogP contribution in [0.2, 0.25) is 0 Å². The molecule has 600 valence electrons. The molecule has 6 atom stereocenters. The predicted molar refractivity (Wildman–Crippen MR) is 414 cm³/mol. The van der Waals surface area contributed by atoms with Gasteiger partial charge >= 0.3 is 39.5 Å². The van der Waals surface area contributed by atoms with E-state index in [0.29, 0.717) is 25.7 Å². The minimum atomic E-state index is -4.96. The van der Waals surface area contributed by atoms with Gasteiger partial charge < -0.3 is 33.8 Å². The van der Waals surface area contributed by atoms with Gasteiger partial charge in [-0.3, -0.25) is 37.3 Å². The van der Waals surface area contributed by atoms with Gasteiger partial charge in [0.1, 0.15) is 19.3 Å². The largest absolute Gasteiger partial charge is 0.472 e. The van der Waals surface area contributed by atoms with Crippen molar-refractivity contribution in [2.24, 2.45) is 11.8 Å². The van der Waals surface area contributed by atoms with E-state index in [2.05, 4.69) is 41.5 Å². The van der Waals surface area contributed by atoms with Crippen LogP contribution in [0.5, 0.6) is 0 Å². The van der Waals surface area contributed by atoms with Gasteiger partial charge in [0.15, 0.2) is 12.2 Å². The number of carbonyl (C=O) groups excluding carboxylic acids is 4. The Hall–Kier alpha value is -1.94. The van der Waals surface area contributed by atoms with Gasteiger partial charge in [0, 0.05) is 25.7 Å². The van der Waals surface area contributed by atoms with Crippen LogP contribution in [0.4, 0.5) is 0 Å². The first kappa shape index (κ1) is 99.1. The molecule has 0 spiro atoms. The molecular formula is C82H160O17P2. The molecule has 0 saturated carbocycles. The third-order valence-electron chi connectivity index (χ3n) is 19.6. The molecule has 0 saturated heterocycles. The average Bonchev–Trinajstić information content (AvgIpc) is 0.926. The Morgan fingerprint density at radius 2 is 0.505 bits per heavy atom. The number of aliphatic hydroxyl groups excluding tert-OH is 1. The topological polar surface area (TPSA) is 237 Å².